The molecule has 0 fully saturated rings. The Hall–Kier alpha value is -3.21. The summed E-state index contributed by atoms with van der Waals surface area (Å²) in [5.41, 5.74) is -1.26. The summed E-state index contributed by atoms with van der Waals surface area (Å²) in [5.74, 6) is -0.372. The second-order valence-electron chi connectivity index (χ2n) is 4.47. The Morgan fingerprint density at radius 1 is 1.09 bits per heavy atom. The van der Waals surface area contributed by atoms with Crippen LogP contribution in [-0.4, -0.2) is 11.1 Å². The van der Waals surface area contributed by atoms with Crippen LogP contribution in [0.5, 0.6) is 5.75 Å². The van der Waals surface area contributed by atoms with Crippen LogP contribution in [0.4, 0.5) is 29.3 Å². The topological polar surface area (TPSA) is 85.2 Å². The van der Waals surface area contributed by atoms with Crippen molar-refractivity contribution in [2.45, 2.75) is 6.18 Å². The van der Waals surface area contributed by atoms with Gasteiger partial charge in [-0.05, 0) is 30.3 Å². The van der Waals surface area contributed by atoms with Gasteiger partial charge in [-0.2, -0.15) is 18.4 Å². The smallest absolute Gasteiger partial charge is 0.418 e. The molecule has 0 bridgehead atoms. The third-order valence-corrected chi connectivity index (χ3v) is 2.86. The molecule has 23 heavy (non-hydrogen) atoms. The normalized spacial score (nSPS) is 10.7. The van der Waals surface area contributed by atoms with Crippen molar-refractivity contribution >= 4 is 17.4 Å². The van der Waals surface area contributed by atoms with Gasteiger partial charge >= 0.3 is 12.2 Å². The number of amides is 2. The maximum absolute atomic E-state index is 12.8. The molecule has 2 aromatic carbocycles. The van der Waals surface area contributed by atoms with E-state index < -0.39 is 23.5 Å². The fourth-order valence-corrected chi connectivity index (χ4v) is 1.82. The number of rotatable bonds is 2. The van der Waals surface area contributed by atoms with Gasteiger partial charge in [-0.15, -0.1) is 0 Å². The molecule has 0 atom stereocenters. The van der Waals surface area contributed by atoms with E-state index in [-0.39, 0.29) is 17.0 Å². The first-order valence-electron chi connectivity index (χ1n) is 6.28. The van der Waals surface area contributed by atoms with Crippen molar-refractivity contribution in [3.8, 4) is 11.8 Å². The van der Waals surface area contributed by atoms with E-state index in [0.29, 0.717) is 0 Å². The average molecular weight is 321 g/mol. The summed E-state index contributed by atoms with van der Waals surface area (Å²) in [6.45, 7) is 0. The van der Waals surface area contributed by atoms with Gasteiger partial charge < -0.3 is 15.7 Å². The highest BCUT2D eigenvalue weighted by Crippen LogP contribution is 2.34. The second kappa shape index (κ2) is 6.27. The minimum Gasteiger partial charge on any atom is -0.506 e. The molecule has 0 saturated heterocycles. The van der Waals surface area contributed by atoms with Gasteiger partial charge in [0.15, 0.2) is 0 Å². The highest BCUT2D eigenvalue weighted by molar-refractivity contribution is 6.01. The Morgan fingerprint density at radius 2 is 1.74 bits per heavy atom. The van der Waals surface area contributed by atoms with Crippen LogP contribution in [0.2, 0.25) is 0 Å². The van der Waals surface area contributed by atoms with Gasteiger partial charge in [-0.3, -0.25) is 0 Å². The van der Waals surface area contributed by atoms with Crippen LogP contribution in [0.15, 0.2) is 42.5 Å². The molecule has 118 valence electrons. The number of phenols is 1. The van der Waals surface area contributed by atoms with Crippen molar-refractivity contribution in [2.75, 3.05) is 10.6 Å². The number of nitrogens with zero attached hydrogens (tertiary/aromatic N) is 1. The van der Waals surface area contributed by atoms with Crippen LogP contribution in [0.3, 0.4) is 0 Å². The Balaban J connectivity index is 2.17. The second-order valence-corrected chi connectivity index (χ2v) is 4.47. The number of nitriles is 1. The first-order chi connectivity index (χ1) is 10.8. The number of halogens is 3. The third-order valence-electron chi connectivity index (χ3n) is 2.86. The van der Waals surface area contributed by atoms with E-state index >= 15 is 0 Å². The fourth-order valence-electron chi connectivity index (χ4n) is 1.82. The molecule has 0 heterocycles. The van der Waals surface area contributed by atoms with Crippen molar-refractivity contribution in [1.82, 2.24) is 0 Å². The Morgan fingerprint density at radius 3 is 2.35 bits per heavy atom. The minimum absolute atomic E-state index is 0.0361. The van der Waals surface area contributed by atoms with E-state index in [0.717, 1.165) is 18.2 Å². The largest absolute Gasteiger partial charge is 0.506 e. The number of anilines is 2. The first kappa shape index (κ1) is 16.2. The molecule has 3 N–H and O–H groups in total. The fraction of sp³-hybridized carbons (Fsp3) is 0.0667. The van der Waals surface area contributed by atoms with Gasteiger partial charge in [0.2, 0.25) is 0 Å². The number of benzene rings is 2. The van der Waals surface area contributed by atoms with Crippen LogP contribution in [0.1, 0.15) is 11.1 Å². The van der Waals surface area contributed by atoms with Crippen LogP contribution in [0, 0.1) is 11.3 Å². The minimum atomic E-state index is -4.61. The van der Waals surface area contributed by atoms with E-state index in [2.05, 4.69) is 10.6 Å². The molecule has 0 aliphatic carbocycles. The number of carbonyl (C=O) groups is 1. The van der Waals surface area contributed by atoms with E-state index in [1.807, 2.05) is 0 Å². The number of urea groups is 1. The number of nitrogens with one attached hydrogen (secondary N) is 2. The van der Waals surface area contributed by atoms with Crippen molar-refractivity contribution in [1.29, 1.82) is 5.26 Å². The summed E-state index contributed by atoms with van der Waals surface area (Å²) >= 11 is 0. The van der Waals surface area contributed by atoms with Gasteiger partial charge in [-0.25, -0.2) is 4.79 Å². The summed E-state index contributed by atoms with van der Waals surface area (Å²) in [7, 11) is 0. The summed E-state index contributed by atoms with van der Waals surface area (Å²) in [4.78, 5) is 11.8. The van der Waals surface area contributed by atoms with Gasteiger partial charge in [-0.1, -0.05) is 12.1 Å². The summed E-state index contributed by atoms with van der Waals surface area (Å²) in [6.07, 6.45) is -4.61. The lowest BCUT2D eigenvalue weighted by molar-refractivity contribution is -0.136. The lowest BCUT2D eigenvalue weighted by atomic mass is 10.1. The maximum Gasteiger partial charge on any atom is 0.418 e. The van der Waals surface area contributed by atoms with Crippen LogP contribution in [-0.2, 0) is 6.18 Å². The monoisotopic (exact) mass is 321 g/mol. The highest BCUT2D eigenvalue weighted by atomic mass is 19.4. The molecule has 2 aromatic rings. The number of aromatic hydroxyl groups is 1. The molecule has 0 aliphatic rings. The van der Waals surface area contributed by atoms with E-state index in [4.69, 9.17) is 5.26 Å². The number of hydrogen-bond acceptors (Lipinski definition) is 3. The van der Waals surface area contributed by atoms with Crippen LogP contribution < -0.4 is 10.6 Å². The lowest BCUT2D eigenvalue weighted by Gasteiger charge is -2.14. The summed E-state index contributed by atoms with van der Waals surface area (Å²) < 4.78 is 38.5. The maximum atomic E-state index is 12.8. The SMILES string of the molecule is N#Cc1ccc(NC(=O)Nc2ccccc2C(F)(F)F)c(O)c1. The lowest BCUT2D eigenvalue weighted by Crippen LogP contribution is -2.21. The predicted molar refractivity (Wildman–Crippen MR) is 76.9 cm³/mol. The number of carbonyl (C=O) groups excluding carboxylic acids is 1. The van der Waals surface area contributed by atoms with E-state index in [1.165, 1.54) is 24.3 Å². The van der Waals surface area contributed by atoms with E-state index in [1.54, 1.807) is 6.07 Å². The molecule has 2 rings (SSSR count). The molecule has 0 aromatic heterocycles. The van der Waals surface area contributed by atoms with Crippen molar-refractivity contribution in [3.63, 3.8) is 0 Å². The summed E-state index contributed by atoms with van der Waals surface area (Å²) in [5, 5.41) is 22.6. The number of phenolic OH excluding ortho intramolecular Hbond substituents is 1. The molecular formula is C15H10F3N3O2. The molecule has 0 unspecified atom stereocenters. The van der Waals surface area contributed by atoms with Gasteiger partial charge in [0.25, 0.3) is 0 Å². The molecule has 0 aliphatic heterocycles. The van der Waals surface area contributed by atoms with Crippen LogP contribution >= 0.6 is 0 Å². The van der Waals surface area contributed by atoms with Gasteiger partial charge in [0.1, 0.15) is 5.75 Å². The molecule has 8 heteroatoms. The number of para-hydroxylation sites is 1. The zero-order chi connectivity index (χ0) is 17.0. The van der Waals surface area contributed by atoms with Crippen molar-refractivity contribution in [2.24, 2.45) is 0 Å². The Kier molecular flexibility index (Phi) is 4.41. The number of hydrogen-bond donors (Lipinski definition) is 3. The Labute approximate surface area is 129 Å². The van der Waals surface area contributed by atoms with Gasteiger partial charge in [0, 0.05) is 0 Å². The predicted octanol–water partition coefficient (Wildman–Crippen LogP) is 3.93. The standard InChI is InChI=1S/C15H10F3N3O2/c16-15(17,18)10-3-1-2-4-11(10)20-14(23)21-12-6-5-9(8-19)7-13(12)22/h1-7,22H,(H2,20,21,23). The Bertz CT molecular complexity index is 782. The molecule has 0 saturated carbocycles. The molecule has 0 radical (unpaired) electrons. The molecule has 5 nitrogen and oxygen atoms in total. The molecule has 0 spiro atoms. The van der Waals surface area contributed by atoms with Gasteiger partial charge in [0.05, 0.1) is 28.6 Å². The highest BCUT2D eigenvalue weighted by Gasteiger charge is 2.33. The van der Waals surface area contributed by atoms with Crippen LogP contribution in [0.25, 0.3) is 0 Å². The van der Waals surface area contributed by atoms with E-state index in [9.17, 15) is 23.1 Å². The zero-order valence-corrected chi connectivity index (χ0v) is 11.5. The summed E-state index contributed by atoms with van der Waals surface area (Å²) in [6, 6.07) is 9.09. The zero-order valence-electron chi connectivity index (χ0n) is 11.5. The average Bonchev–Trinajstić information content (AvgIpc) is 2.48. The van der Waals surface area contributed by atoms with Crippen molar-refractivity contribution < 1.29 is 23.1 Å². The first-order valence-corrected chi connectivity index (χ1v) is 6.28. The third kappa shape index (κ3) is 3.91. The van der Waals surface area contributed by atoms with Crippen molar-refractivity contribution in [3.05, 3.63) is 53.6 Å². The molecular weight excluding hydrogens is 311 g/mol. The quantitative estimate of drug-likeness (QED) is 0.733. The number of alkyl halides is 3. The molecule has 2 amide bonds.